The number of piperidine rings is 1. The highest BCUT2D eigenvalue weighted by Gasteiger charge is 2.47. The minimum Gasteiger partial charge on any atom is -0.466 e. The monoisotopic (exact) mass is 466 g/mol. The molecule has 0 saturated carbocycles. The van der Waals surface area contributed by atoms with Gasteiger partial charge in [0.25, 0.3) is 0 Å². The molecule has 2 aromatic rings. The van der Waals surface area contributed by atoms with Crippen molar-refractivity contribution in [3.05, 3.63) is 75.8 Å². The Morgan fingerprint density at radius 1 is 1.15 bits per heavy atom. The van der Waals surface area contributed by atoms with E-state index in [0.29, 0.717) is 25.1 Å². The van der Waals surface area contributed by atoms with Crippen molar-refractivity contribution >= 4 is 5.97 Å². The van der Waals surface area contributed by atoms with Crippen molar-refractivity contribution in [2.75, 3.05) is 13.2 Å². The van der Waals surface area contributed by atoms with Crippen molar-refractivity contribution in [3.8, 4) is 5.75 Å². The Hall–Kier alpha value is -3.14. The maximum atomic E-state index is 12.5. The third-order valence-electron chi connectivity index (χ3n) is 5.65. The van der Waals surface area contributed by atoms with Crippen molar-refractivity contribution in [1.82, 2.24) is 4.90 Å². The lowest BCUT2D eigenvalue weighted by Crippen LogP contribution is -2.50. The second-order valence-corrected chi connectivity index (χ2v) is 7.85. The molecular formula is C23H25F3N2O5. The van der Waals surface area contributed by atoms with Gasteiger partial charge in [0, 0.05) is 17.4 Å². The third-order valence-corrected chi connectivity index (χ3v) is 5.65. The lowest BCUT2D eigenvalue weighted by molar-refractivity contribution is -0.545. The van der Waals surface area contributed by atoms with Crippen LogP contribution in [0, 0.1) is 16.0 Å². The number of carbonyl (C=O) groups is 1. The molecule has 3 rings (SSSR count). The number of esters is 1. The molecule has 33 heavy (non-hydrogen) atoms. The van der Waals surface area contributed by atoms with Crippen LogP contribution in [0.15, 0.2) is 54.6 Å². The molecule has 0 amide bonds. The first-order valence-electron chi connectivity index (χ1n) is 10.6. The summed E-state index contributed by atoms with van der Waals surface area (Å²) in [4.78, 5) is 25.8. The summed E-state index contributed by atoms with van der Waals surface area (Å²) in [5, 5.41) is 12.2. The summed E-state index contributed by atoms with van der Waals surface area (Å²) < 4.78 is 46.6. The van der Waals surface area contributed by atoms with Gasteiger partial charge in [-0.3, -0.25) is 19.8 Å². The molecule has 1 heterocycles. The van der Waals surface area contributed by atoms with Gasteiger partial charge >= 0.3 is 12.3 Å². The van der Waals surface area contributed by atoms with E-state index in [9.17, 15) is 28.1 Å². The molecule has 0 aliphatic carbocycles. The van der Waals surface area contributed by atoms with E-state index in [1.807, 2.05) is 35.2 Å². The fraction of sp³-hybridized carbons (Fsp3) is 0.435. The number of halogens is 3. The number of rotatable bonds is 8. The summed E-state index contributed by atoms with van der Waals surface area (Å²) in [6.07, 6.45) is -4.51. The Morgan fingerprint density at radius 3 is 2.39 bits per heavy atom. The molecule has 0 N–H and O–H groups in total. The average Bonchev–Trinajstić information content (AvgIpc) is 2.75. The fourth-order valence-corrected chi connectivity index (χ4v) is 4.33. The van der Waals surface area contributed by atoms with Gasteiger partial charge in [-0.1, -0.05) is 42.5 Å². The van der Waals surface area contributed by atoms with Crippen LogP contribution in [0.4, 0.5) is 13.2 Å². The molecule has 2 aromatic carbocycles. The van der Waals surface area contributed by atoms with Crippen molar-refractivity contribution < 1.29 is 32.4 Å². The van der Waals surface area contributed by atoms with Gasteiger partial charge in [0.1, 0.15) is 11.8 Å². The van der Waals surface area contributed by atoms with E-state index in [0.717, 1.165) is 17.7 Å². The summed E-state index contributed by atoms with van der Waals surface area (Å²) in [6, 6.07) is 12.6. The Balaban J connectivity index is 1.94. The van der Waals surface area contributed by atoms with Crippen LogP contribution in [0.1, 0.15) is 36.9 Å². The van der Waals surface area contributed by atoms with E-state index in [1.165, 1.54) is 12.1 Å². The van der Waals surface area contributed by atoms with Crippen LogP contribution in [0.2, 0.25) is 0 Å². The van der Waals surface area contributed by atoms with Crippen molar-refractivity contribution in [2.24, 2.45) is 5.92 Å². The molecule has 0 aromatic heterocycles. The number of ether oxygens (including phenoxy) is 2. The first kappa shape index (κ1) is 24.5. The molecule has 0 unspecified atom stereocenters. The minimum atomic E-state index is -4.83. The highest BCUT2D eigenvalue weighted by molar-refractivity contribution is 5.69. The Kier molecular flexibility index (Phi) is 7.91. The number of hydrogen-bond acceptors (Lipinski definition) is 6. The van der Waals surface area contributed by atoms with E-state index in [4.69, 9.17) is 4.74 Å². The quantitative estimate of drug-likeness (QED) is 0.317. The van der Waals surface area contributed by atoms with Gasteiger partial charge in [0.2, 0.25) is 6.04 Å². The molecular weight excluding hydrogens is 441 g/mol. The first-order chi connectivity index (χ1) is 15.7. The molecule has 1 saturated heterocycles. The van der Waals surface area contributed by atoms with Gasteiger partial charge < -0.3 is 9.47 Å². The SMILES string of the molecule is CCOC(=O)C[C@H]1CCN(Cc2ccccc2)[C@@H](c2ccc(OC(F)(F)F)cc2)[C@@H]1[N+](=O)[O-]. The molecule has 1 aliphatic rings. The van der Waals surface area contributed by atoms with Gasteiger partial charge in [-0.05, 0) is 43.1 Å². The normalized spacial score (nSPS) is 21.4. The van der Waals surface area contributed by atoms with Crippen LogP contribution < -0.4 is 4.74 Å². The van der Waals surface area contributed by atoms with E-state index < -0.39 is 41.0 Å². The molecule has 1 fully saturated rings. The van der Waals surface area contributed by atoms with Crippen LogP contribution in [-0.4, -0.2) is 41.3 Å². The predicted molar refractivity (Wildman–Crippen MR) is 113 cm³/mol. The fourth-order valence-electron chi connectivity index (χ4n) is 4.33. The number of carbonyl (C=O) groups excluding carboxylic acids is 1. The zero-order valence-corrected chi connectivity index (χ0v) is 18.0. The summed E-state index contributed by atoms with van der Waals surface area (Å²) in [6.45, 7) is 2.75. The van der Waals surface area contributed by atoms with Crippen molar-refractivity contribution in [2.45, 2.75) is 44.8 Å². The number of nitrogens with zero attached hydrogens (tertiary/aromatic N) is 2. The standard InChI is InChI=1S/C23H25F3N2O5/c1-2-32-20(29)14-18-12-13-27(15-16-6-4-3-5-7-16)21(22(18)28(30)31)17-8-10-19(11-9-17)33-23(24,25)26/h3-11,18,21-22H,2,12-15H2,1H3/t18-,21+,22-/m1/s1. The van der Waals surface area contributed by atoms with Gasteiger partial charge in [-0.2, -0.15) is 0 Å². The third kappa shape index (κ3) is 6.67. The lowest BCUT2D eigenvalue weighted by Gasteiger charge is -2.41. The summed E-state index contributed by atoms with van der Waals surface area (Å²) in [5.41, 5.74) is 1.43. The van der Waals surface area contributed by atoms with Gasteiger partial charge in [0.15, 0.2) is 0 Å². The molecule has 0 spiro atoms. The van der Waals surface area contributed by atoms with E-state index in [-0.39, 0.29) is 13.0 Å². The second-order valence-electron chi connectivity index (χ2n) is 7.85. The first-order valence-corrected chi connectivity index (χ1v) is 10.6. The summed E-state index contributed by atoms with van der Waals surface area (Å²) >= 11 is 0. The maximum absolute atomic E-state index is 12.5. The highest BCUT2D eigenvalue weighted by Crippen LogP contribution is 2.39. The van der Waals surface area contributed by atoms with Gasteiger partial charge in [-0.25, -0.2) is 0 Å². The second kappa shape index (κ2) is 10.7. The Morgan fingerprint density at radius 2 is 1.82 bits per heavy atom. The van der Waals surface area contributed by atoms with Crippen LogP contribution in [0.5, 0.6) is 5.75 Å². The average molecular weight is 466 g/mol. The largest absolute Gasteiger partial charge is 0.573 e. The molecule has 10 heteroatoms. The van der Waals surface area contributed by atoms with Crippen LogP contribution in [0.3, 0.4) is 0 Å². The van der Waals surface area contributed by atoms with Crippen molar-refractivity contribution in [1.29, 1.82) is 0 Å². The molecule has 1 aliphatic heterocycles. The Bertz CT molecular complexity index is 937. The van der Waals surface area contributed by atoms with E-state index in [1.54, 1.807) is 6.92 Å². The van der Waals surface area contributed by atoms with Crippen LogP contribution >= 0.6 is 0 Å². The van der Waals surface area contributed by atoms with Crippen LogP contribution in [-0.2, 0) is 16.1 Å². The van der Waals surface area contributed by atoms with Gasteiger partial charge in [0.05, 0.1) is 13.0 Å². The molecule has 3 atom stereocenters. The van der Waals surface area contributed by atoms with E-state index in [2.05, 4.69) is 4.74 Å². The predicted octanol–water partition coefficient (Wildman–Crippen LogP) is 4.75. The molecule has 178 valence electrons. The topological polar surface area (TPSA) is 81.9 Å². The number of hydrogen-bond donors (Lipinski definition) is 0. The molecule has 0 radical (unpaired) electrons. The molecule has 7 nitrogen and oxygen atoms in total. The minimum absolute atomic E-state index is 0.0928. The zero-order chi connectivity index (χ0) is 24.0. The Labute approximate surface area is 189 Å². The highest BCUT2D eigenvalue weighted by atomic mass is 19.4. The zero-order valence-electron chi connectivity index (χ0n) is 18.0. The number of benzene rings is 2. The summed E-state index contributed by atoms with van der Waals surface area (Å²) in [5.74, 6) is -1.47. The number of nitro groups is 1. The van der Waals surface area contributed by atoms with Gasteiger partial charge in [-0.15, -0.1) is 13.2 Å². The van der Waals surface area contributed by atoms with E-state index >= 15 is 0 Å². The summed E-state index contributed by atoms with van der Waals surface area (Å²) in [7, 11) is 0. The lowest BCUT2D eigenvalue weighted by atomic mass is 9.80. The smallest absolute Gasteiger partial charge is 0.466 e. The molecule has 0 bridgehead atoms. The van der Waals surface area contributed by atoms with Crippen LogP contribution in [0.25, 0.3) is 0 Å². The number of likely N-dealkylation sites (tertiary alicyclic amines) is 1. The van der Waals surface area contributed by atoms with Crippen molar-refractivity contribution in [3.63, 3.8) is 0 Å². The maximum Gasteiger partial charge on any atom is 0.573 e. The number of alkyl halides is 3.